The molecule has 208 valence electrons. The lowest BCUT2D eigenvalue weighted by molar-refractivity contribution is -0.262. The van der Waals surface area contributed by atoms with Crippen LogP contribution in [-0.4, -0.2) is 70.4 Å². The van der Waals surface area contributed by atoms with Crippen molar-refractivity contribution in [1.29, 1.82) is 0 Å². The molecule has 2 aromatic heterocycles. The summed E-state index contributed by atoms with van der Waals surface area (Å²) in [5, 5.41) is 23.5. The van der Waals surface area contributed by atoms with Crippen molar-refractivity contribution in [2.45, 2.75) is 50.1 Å². The largest absolute Gasteiger partial charge is 0.430 e. The number of hydrogen-bond donors (Lipinski definition) is 3. The summed E-state index contributed by atoms with van der Waals surface area (Å²) in [5.41, 5.74) is -3.66. The van der Waals surface area contributed by atoms with Crippen LogP contribution < -0.4 is 10.2 Å². The van der Waals surface area contributed by atoms with E-state index in [1.807, 2.05) is 6.07 Å². The highest BCUT2D eigenvalue weighted by molar-refractivity contribution is 6.30. The summed E-state index contributed by atoms with van der Waals surface area (Å²) in [7, 11) is 1.63. The lowest BCUT2D eigenvalue weighted by Crippen LogP contribution is -2.57. The fourth-order valence-electron chi connectivity index (χ4n) is 5.43. The van der Waals surface area contributed by atoms with Gasteiger partial charge in [-0.3, -0.25) is 15.1 Å². The molecule has 0 spiro atoms. The Kier molecular flexibility index (Phi) is 8.81. The van der Waals surface area contributed by atoms with Crippen molar-refractivity contribution in [3.8, 4) is 0 Å². The van der Waals surface area contributed by atoms with Gasteiger partial charge in [0.25, 0.3) is 11.5 Å². The van der Waals surface area contributed by atoms with E-state index in [4.69, 9.17) is 11.6 Å². The number of aliphatic hydroxyl groups excluding tert-OH is 1. The summed E-state index contributed by atoms with van der Waals surface area (Å²) in [4.78, 5) is 24.3. The van der Waals surface area contributed by atoms with Gasteiger partial charge in [0, 0.05) is 49.7 Å². The highest BCUT2D eigenvalue weighted by Crippen LogP contribution is 2.41. The fraction of sp³-hybridized carbons (Fsp3) is 0.577. The van der Waals surface area contributed by atoms with Gasteiger partial charge in [-0.1, -0.05) is 17.7 Å². The summed E-state index contributed by atoms with van der Waals surface area (Å²) >= 11 is 6.25. The van der Waals surface area contributed by atoms with Gasteiger partial charge in [-0.15, -0.1) is 0 Å². The molecule has 0 aromatic carbocycles. The number of nitrogens with one attached hydrogen (secondary N) is 1. The summed E-state index contributed by atoms with van der Waals surface area (Å²) in [6.45, 7) is 1.97. The highest BCUT2D eigenvalue weighted by Gasteiger charge is 2.62. The SMILES string of the molecule is CNC(O)c1ccc(N2CCC(CC3CCN(C(=O)C(O)(c4cccnc4)C(F)(F)F)CC3)CC2)nc1Cl. The summed E-state index contributed by atoms with van der Waals surface area (Å²) < 4.78 is 41.6. The highest BCUT2D eigenvalue weighted by atomic mass is 35.5. The van der Waals surface area contributed by atoms with E-state index in [0.29, 0.717) is 30.2 Å². The van der Waals surface area contributed by atoms with E-state index >= 15 is 0 Å². The Balaban J connectivity index is 1.29. The van der Waals surface area contributed by atoms with Gasteiger partial charge in [0.1, 0.15) is 17.2 Å². The van der Waals surface area contributed by atoms with Crippen LogP contribution in [0, 0.1) is 11.8 Å². The van der Waals surface area contributed by atoms with E-state index in [9.17, 15) is 28.2 Å². The van der Waals surface area contributed by atoms with Gasteiger partial charge in [0.05, 0.1) is 0 Å². The number of piperidine rings is 2. The van der Waals surface area contributed by atoms with Crippen LogP contribution in [0.3, 0.4) is 0 Å². The molecule has 12 heteroatoms. The number of hydrogen-bond acceptors (Lipinski definition) is 7. The monoisotopic (exact) mass is 555 g/mol. The Bertz CT molecular complexity index is 1090. The number of anilines is 1. The molecule has 0 radical (unpaired) electrons. The van der Waals surface area contributed by atoms with E-state index in [2.05, 4.69) is 20.2 Å². The summed E-state index contributed by atoms with van der Waals surface area (Å²) in [6.07, 6.45) is 0.176. The van der Waals surface area contributed by atoms with E-state index < -0.39 is 29.5 Å². The first-order valence-corrected chi connectivity index (χ1v) is 13.2. The Labute approximate surface area is 224 Å². The van der Waals surface area contributed by atoms with Crippen molar-refractivity contribution in [2.75, 3.05) is 38.1 Å². The average Bonchev–Trinajstić information content (AvgIpc) is 2.92. The molecule has 1 amide bonds. The molecule has 2 fully saturated rings. The molecular weight excluding hydrogens is 523 g/mol. The molecule has 8 nitrogen and oxygen atoms in total. The minimum Gasteiger partial charge on any atom is -0.374 e. The molecule has 2 aliphatic heterocycles. The number of alkyl halides is 3. The first-order chi connectivity index (χ1) is 18.0. The maximum Gasteiger partial charge on any atom is 0.430 e. The second kappa shape index (κ2) is 11.7. The summed E-state index contributed by atoms with van der Waals surface area (Å²) in [6, 6.07) is 5.95. The first-order valence-electron chi connectivity index (χ1n) is 12.8. The molecule has 2 unspecified atom stereocenters. The Morgan fingerprint density at radius 3 is 2.29 bits per heavy atom. The fourth-order valence-corrected chi connectivity index (χ4v) is 5.68. The zero-order valence-corrected chi connectivity index (χ0v) is 21.9. The van der Waals surface area contributed by atoms with E-state index in [1.54, 1.807) is 13.1 Å². The lowest BCUT2D eigenvalue weighted by Gasteiger charge is -2.40. The van der Waals surface area contributed by atoms with Crippen LogP contribution in [0.2, 0.25) is 5.15 Å². The number of carbonyl (C=O) groups excluding carboxylic acids is 1. The minimum atomic E-state index is -5.16. The van der Waals surface area contributed by atoms with Gasteiger partial charge in [0.15, 0.2) is 0 Å². The third-order valence-corrected chi connectivity index (χ3v) is 8.04. The topological polar surface area (TPSA) is 102 Å². The Morgan fingerprint density at radius 2 is 1.76 bits per heavy atom. The molecule has 0 bridgehead atoms. The van der Waals surface area contributed by atoms with Crippen LogP contribution in [0.15, 0.2) is 36.7 Å². The zero-order valence-electron chi connectivity index (χ0n) is 21.2. The van der Waals surface area contributed by atoms with Crippen LogP contribution in [-0.2, 0) is 10.4 Å². The van der Waals surface area contributed by atoms with Crippen LogP contribution in [0.4, 0.5) is 19.0 Å². The minimum absolute atomic E-state index is 0.175. The molecule has 2 aromatic rings. The molecule has 0 aliphatic carbocycles. The second-order valence-electron chi connectivity index (χ2n) is 10.1. The molecule has 4 rings (SSSR count). The van der Waals surface area contributed by atoms with Crippen molar-refractivity contribution in [3.05, 3.63) is 52.9 Å². The zero-order chi connectivity index (χ0) is 27.5. The number of amides is 1. The van der Waals surface area contributed by atoms with Gasteiger partial charge in [-0.05, 0) is 69.2 Å². The van der Waals surface area contributed by atoms with Crippen molar-refractivity contribution in [1.82, 2.24) is 20.2 Å². The lowest BCUT2D eigenvalue weighted by atomic mass is 9.82. The number of carbonyl (C=O) groups is 1. The quantitative estimate of drug-likeness (QED) is 0.354. The van der Waals surface area contributed by atoms with Gasteiger partial charge in [0.2, 0.25) is 0 Å². The smallest absolute Gasteiger partial charge is 0.374 e. The van der Waals surface area contributed by atoms with Crippen LogP contribution in [0.25, 0.3) is 0 Å². The number of pyridine rings is 2. The Hall–Kier alpha value is -2.47. The number of likely N-dealkylation sites (tertiary alicyclic amines) is 1. The number of aromatic nitrogens is 2. The molecule has 2 atom stereocenters. The van der Waals surface area contributed by atoms with Crippen molar-refractivity contribution < 1.29 is 28.2 Å². The third kappa shape index (κ3) is 5.90. The van der Waals surface area contributed by atoms with Gasteiger partial charge in [-0.25, -0.2) is 4.98 Å². The normalized spacial score (nSPS) is 20.3. The molecule has 4 heterocycles. The van der Waals surface area contributed by atoms with Crippen LogP contribution in [0.1, 0.15) is 49.5 Å². The predicted molar refractivity (Wildman–Crippen MR) is 136 cm³/mol. The molecule has 2 saturated heterocycles. The number of aliphatic hydroxyl groups is 2. The van der Waals surface area contributed by atoms with Gasteiger partial charge in [-0.2, -0.15) is 13.2 Å². The molecule has 2 aliphatic rings. The van der Waals surface area contributed by atoms with E-state index in [0.717, 1.165) is 55.3 Å². The van der Waals surface area contributed by atoms with Crippen LogP contribution >= 0.6 is 11.6 Å². The molecule has 0 saturated carbocycles. The van der Waals surface area contributed by atoms with Gasteiger partial charge >= 0.3 is 6.18 Å². The average molecular weight is 556 g/mol. The van der Waals surface area contributed by atoms with E-state index in [1.165, 1.54) is 12.3 Å². The standard InChI is InChI=1S/C26H33ClF3N5O3/c1-31-23(36)20-4-5-21(33-22(20)27)34-11-6-17(7-12-34)15-18-8-13-35(14-9-18)24(37)25(38,26(28,29)30)19-3-2-10-32-16-19/h2-5,10,16-18,23,31,36,38H,6-9,11-15H2,1H3. The third-order valence-electron chi connectivity index (χ3n) is 7.74. The van der Waals surface area contributed by atoms with Gasteiger partial charge < -0.3 is 20.0 Å². The van der Waals surface area contributed by atoms with E-state index in [-0.39, 0.29) is 18.2 Å². The summed E-state index contributed by atoms with van der Waals surface area (Å²) in [5.74, 6) is 0.201. The van der Waals surface area contributed by atoms with Crippen LogP contribution in [0.5, 0.6) is 0 Å². The molecule has 3 N–H and O–H groups in total. The van der Waals surface area contributed by atoms with Crippen molar-refractivity contribution in [2.24, 2.45) is 11.8 Å². The first kappa shape index (κ1) is 28.5. The van der Waals surface area contributed by atoms with Crippen molar-refractivity contribution >= 4 is 23.3 Å². The van der Waals surface area contributed by atoms with Crippen molar-refractivity contribution in [3.63, 3.8) is 0 Å². The second-order valence-corrected chi connectivity index (χ2v) is 10.5. The Morgan fingerprint density at radius 1 is 1.13 bits per heavy atom. The number of nitrogens with zero attached hydrogens (tertiary/aromatic N) is 4. The number of rotatable bonds is 7. The maximum absolute atomic E-state index is 13.9. The number of halogens is 4. The predicted octanol–water partition coefficient (Wildman–Crippen LogP) is 3.64. The molecule has 38 heavy (non-hydrogen) atoms. The molecular formula is C26H33ClF3N5O3. The maximum atomic E-state index is 13.9.